The standard InChI is InChI=1S/C4H9F2NO2S/c1-4(5,6)2-3-10(7,8)9/h2-3H2,1H3,(H2,7,8,9). The fraction of sp³-hybridized carbons (Fsp3) is 1.00. The number of rotatable bonds is 3. The second-order valence-corrected chi connectivity index (χ2v) is 3.92. The van der Waals surface area contributed by atoms with E-state index in [0.717, 1.165) is 0 Å². The average molecular weight is 173 g/mol. The lowest BCUT2D eigenvalue weighted by atomic mass is 10.3. The van der Waals surface area contributed by atoms with Crippen LogP contribution in [0, 0.1) is 0 Å². The Labute approximate surface area is 58.3 Å². The minimum absolute atomic E-state index is 0.651. The number of alkyl halides is 2. The highest BCUT2D eigenvalue weighted by molar-refractivity contribution is 7.89. The number of nitrogens with two attached hydrogens (primary N) is 1. The van der Waals surface area contributed by atoms with Crippen LogP contribution in [0.4, 0.5) is 8.78 Å². The van der Waals surface area contributed by atoms with Crippen LogP contribution < -0.4 is 5.14 Å². The summed E-state index contributed by atoms with van der Waals surface area (Å²) in [5, 5.41) is 4.48. The van der Waals surface area contributed by atoms with E-state index in [-0.39, 0.29) is 0 Å². The molecule has 0 unspecified atom stereocenters. The summed E-state index contributed by atoms with van der Waals surface area (Å²) in [7, 11) is -3.74. The summed E-state index contributed by atoms with van der Waals surface area (Å²) >= 11 is 0. The first-order valence-corrected chi connectivity index (χ1v) is 4.30. The van der Waals surface area contributed by atoms with Crippen molar-refractivity contribution in [1.82, 2.24) is 0 Å². The number of sulfonamides is 1. The molecule has 0 fully saturated rings. The maximum absolute atomic E-state index is 11.9. The molecule has 0 saturated carbocycles. The highest BCUT2D eigenvalue weighted by atomic mass is 32.2. The van der Waals surface area contributed by atoms with Gasteiger partial charge in [-0.1, -0.05) is 0 Å². The number of primary sulfonamides is 1. The molecule has 0 rings (SSSR count). The molecule has 0 atom stereocenters. The van der Waals surface area contributed by atoms with E-state index in [0.29, 0.717) is 6.92 Å². The molecule has 0 aromatic carbocycles. The first-order chi connectivity index (χ1) is 4.21. The molecule has 3 nitrogen and oxygen atoms in total. The average Bonchev–Trinajstić information content (AvgIpc) is 1.57. The molecular formula is C4H9F2NO2S. The molecule has 0 spiro atoms. The van der Waals surface area contributed by atoms with Gasteiger partial charge in [0.2, 0.25) is 15.9 Å². The third kappa shape index (κ3) is 7.77. The highest BCUT2D eigenvalue weighted by Gasteiger charge is 2.22. The second-order valence-electron chi connectivity index (χ2n) is 2.19. The number of hydrogen-bond acceptors (Lipinski definition) is 2. The fourth-order valence-corrected chi connectivity index (χ4v) is 0.964. The van der Waals surface area contributed by atoms with E-state index >= 15 is 0 Å². The minimum atomic E-state index is -3.74. The van der Waals surface area contributed by atoms with Gasteiger partial charge in [0.05, 0.1) is 5.75 Å². The van der Waals surface area contributed by atoms with Crippen molar-refractivity contribution in [2.75, 3.05) is 5.75 Å². The topological polar surface area (TPSA) is 60.2 Å². The molecule has 0 aliphatic heterocycles. The molecule has 62 valence electrons. The summed E-state index contributed by atoms with van der Waals surface area (Å²) < 4.78 is 44.1. The smallest absolute Gasteiger partial charge is 0.229 e. The summed E-state index contributed by atoms with van der Waals surface area (Å²) in [5.41, 5.74) is 0. The third-order valence-electron chi connectivity index (χ3n) is 0.826. The highest BCUT2D eigenvalue weighted by Crippen LogP contribution is 2.16. The third-order valence-corrected chi connectivity index (χ3v) is 1.60. The van der Waals surface area contributed by atoms with Gasteiger partial charge >= 0.3 is 0 Å². The van der Waals surface area contributed by atoms with Gasteiger partial charge in [0.1, 0.15) is 0 Å². The summed E-state index contributed by atoms with van der Waals surface area (Å²) in [5.74, 6) is -3.62. The van der Waals surface area contributed by atoms with Crippen molar-refractivity contribution in [3.05, 3.63) is 0 Å². The van der Waals surface area contributed by atoms with E-state index in [4.69, 9.17) is 0 Å². The Morgan fingerprint density at radius 2 is 1.90 bits per heavy atom. The van der Waals surface area contributed by atoms with Crippen LogP contribution in [0.2, 0.25) is 0 Å². The van der Waals surface area contributed by atoms with E-state index in [2.05, 4.69) is 5.14 Å². The predicted octanol–water partition coefficient (Wildman–Crippen LogP) is 0.320. The van der Waals surface area contributed by atoms with Gasteiger partial charge in [0, 0.05) is 6.42 Å². The van der Waals surface area contributed by atoms with Crippen molar-refractivity contribution in [1.29, 1.82) is 0 Å². The Balaban J connectivity index is 3.79. The lowest BCUT2D eigenvalue weighted by Crippen LogP contribution is -2.22. The quantitative estimate of drug-likeness (QED) is 0.668. The molecule has 0 saturated heterocycles. The molecule has 0 bridgehead atoms. The molecule has 0 heterocycles. The Hall–Kier alpha value is -0.230. The van der Waals surface area contributed by atoms with E-state index in [9.17, 15) is 17.2 Å². The van der Waals surface area contributed by atoms with Gasteiger partial charge in [0.15, 0.2) is 0 Å². The van der Waals surface area contributed by atoms with Crippen LogP contribution in [0.15, 0.2) is 0 Å². The van der Waals surface area contributed by atoms with Gasteiger partial charge < -0.3 is 0 Å². The second kappa shape index (κ2) is 2.79. The largest absolute Gasteiger partial charge is 0.246 e. The molecule has 0 aromatic heterocycles. The maximum atomic E-state index is 11.9. The Bertz CT molecular complexity index is 194. The summed E-state index contributed by atoms with van der Waals surface area (Å²) in [4.78, 5) is 0. The normalized spacial score (nSPS) is 13.6. The summed E-state index contributed by atoms with van der Waals surface area (Å²) in [6.07, 6.45) is -0.716. The predicted molar refractivity (Wildman–Crippen MR) is 33.2 cm³/mol. The van der Waals surface area contributed by atoms with Gasteiger partial charge in [-0.15, -0.1) is 0 Å². The van der Waals surface area contributed by atoms with Crippen molar-refractivity contribution in [3.8, 4) is 0 Å². The van der Waals surface area contributed by atoms with Crippen molar-refractivity contribution in [3.63, 3.8) is 0 Å². The van der Waals surface area contributed by atoms with Crippen LogP contribution in [-0.2, 0) is 10.0 Å². The van der Waals surface area contributed by atoms with Gasteiger partial charge in [-0.3, -0.25) is 0 Å². The minimum Gasteiger partial charge on any atom is -0.229 e. The van der Waals surface area contributed by atoms with Crippen molar-refractivity contribution >= 4 is 10.0 Å². The van der Waals surface area contributed by atoms with E-state index in [1.807, 2.05) is 0 Å². The molecule has 6 heteroatoms. The first-order valence-electron chi connectivity index (χ1n) is 2.59. The van der Waals surface area contributed by atoms with Crippen LogP contribution in [-0.4, -0.2) is 20.1 Å². The van der Waals surface area contributed by atoms with Crippen molar-refractivity contribution in [2.24, 2.45) is 5.14 Å². The van der Waals surface area contributed by atoms with Gasteiger partial charge in [-0.2, -0.15) is 0 Å². The SMILES string of the molecule is CC(F)(F)CCS(N)(=O)=O. The molecule has 0 radical (unpaired) electrons. The van der Waals surface area contributed by atoms with Crippen LogP contribution in [0.5, 0.6) is 0 Å². The first kappa shape index (κ1) is 9.77. The Kier molecular flexibility index (Phi) is 2.73. The van der Waals surface area contributed by atoms with E-state index in [1.54, 1.807) is 0 Å². The van der Waals surface area contributed by atoms with Gasteiger partial charge in [-0.05, 0) is 6.92 Å². The summed E-state index contributed by atoms with van der Waals surface area (Å²) in [6, 6.07) is 0. The number of halogens is 2. The monoisotopic (exact) mass is 173 g/mol. The van der Waals surface area contributed by atoms with E-state index in [1.165, 1.54) is 0 Å². The molecule has 0 aromatic rings. The summed E-state index contributed by atoms with van der Waals surface area (Å²) in [6.45, 7) is 0.651. The van der Waals surface area contributed by atoms with Crippen molar-refractivity contribution < 1.29 is 17.2 Å². The molecule has 0 aliphatic rings. The fourth-order valence-electron chi connectivity index (χ4n) is 0.321. The maximum Gasteiger partial charge on any atom is 0.246 e. The van der Waals surface area contributed by atoms with Crippen LogP contribution in [0.3, 0.4) is 0 Å². The zero-order valence-electron chi connectivity index (χ0n) is 5.47. The van der Waals surface area contributed by atoms with Crippen LogP contribution >= 0.6 is 0 Å². The number of hydrogen-bond donors (Lipinski definition) is 1. The molecule has 0 aliphatic carbocycles. The Morgan fingerprint density at radius 1 is 1.50 bits per heavy atom. The molecular weight excluding hydrogens is 164 g/mol. The van der Waals surface area contributed by atoms with Crippen LogP contribution in [0.1, 0.15) is 13.3 Å². The van der Waals surface area contributed by atoms with Crippen LogP contribution in [0.25, 0.3) is 0 Å². The lowest BCUT2D eigenvalue weighted by molar-refractivity contribution is 0.0189. The van der Waals surface area contributed by atoms with E-state index < -0.39 is 28.1 Å². The Morgan fingerprint density at radius 3 is 2.00 bits per heavy atom. The zero-order valence-corrected chi connectivity index (χ0v) is 6.29. The molecule has 2 N–H and O–H groups in total. The lowest BCUT2D eigenvalue weighted by Gasteiger charge is -2.07. The molecule has 10 heavy (non-hydrogen) atoms. The zero-order chi connectivity index (χ0) is 8.41. The van der Waals surface area contributed by atoms with Gasteiger partial charge in [0.25, 0.3) is 0 Å². The van der Waals surface area contributed by atoms with Crippen molar-refractivity contribution in [2.45, 2.75) is 19.3 Å². The molecule has 0 amide bonds. The van der Waals surface area contributed by atoms with Gasteiger partial charge in [-0.25, -0.2) is 22.3 Å².